The molecule has 0 radical (unpaired) electrons. The van der Waals surface area contributed by atoms with Gasteiger partial charge in [-0.3, -0.25) is 0 Å². The first-order valence-electron chi connectivity index (χ1n) is 9.80. The van der Waals surface area contributed by atoms with Crippen molar-refractivity contribution in [3.63, 3.8) is 0 Å². The van der Waals surface area contributed by atoms with Crippen LogP contribution in [0, 0.1) is 17.8 Å². The predicted molar refractivity (Wildman–Crippen MR) is 103 cm³/mol. The third kappa shape index (κ3) is 4.24. The highest BCUT2D eigenvalue weighted by Crippen LogP contribution is 2.43. The Morgan fingerprint density at radius 3 is 2.12 bits per heavy atom. The molecule has 2 heteroatoms. The van der Waals surface area contributed by atoms with Crippen molar-refractivity contribution in [3.8, 4) is 5.75 Å². The van der Waals surface area contributed by atoms with Crippen molar-refractivity contribution in [2.24, 2.45) is 17.8 Å². The van der Waals surface area contributed by atoms with Gasteiger partial charge in [0.15, 0.2) is 0 Å². The smallest absolute Gasteiger partial charge is 0.115 e. The van der Waals surface area contributed by atoms with Crippen molar-refractivity contribution in [2.75, 3.05) is 19.6 Å². The van der Waals surface area contributed by atoms with Gasteiger partial charge in [0.25, 0.3) is 0 Å². The number of rotatable bonds is 6. The Morgan fingerprint density at radius 2 is 1.44 bits per heavy atom. The van der Waals surface area contributed by atoms with E-state index in [1.54, 1.807) is 12.1 Å². The lowest BCUT2D eigenvalue weighted by atomic mass is 9.96. The largest absolute Gasteiger partial charge is 0.508 e. The Labute approximate surface area is 151 Å². The van der Waals surface area contributed by atoms with Crippen LogP contribution in [0.25, 0.3) is 0 Å². The molecule has 2 nitrogen and oxygen atoms in total. The van der Waals surface area contributed by atoms with Crippen LogP contribution >= 0.6 is 0 Å². The van der Waals surface area contributed by atoms with Crippen LogP contribution in [0.1, 0.15) is 30.4 Å². The summed E-state index contributed by atoms with van der Waals surface area (Å²) in [5, 5.41) is 9.38. The molecule has 1 saturated heterocycles. The summed E-state index contributed by atoms with van der Waals surface area (Å²) < 4.78 is 0. The summed E-state index contributed by atoms with van der Waals surface area (Å²) in [6, 6.07) is 18.6. The molecule has 2 fully saturated rings. The second-order valence-electron chi connectivity index (χ2n) is 8.06. The highest BCUT2D eigenvalue weighted by molar-refractivity contribution is 5.26. The highest BCUT2D eigenvalue weighted by Gasteiger charge is 2.40. The molecule has 0 amide bonds. The zero-order chi connectivity index (χ0) is 17.1. The van der Waals surface area contributed by atoms with Crippen molar-refractivity contribution < 1.29 is 5.11 Å². The number of phenols is 1. The molecule has 4 rings (SSSR count). The number of phenolic OH excluding ortho intramolecular Hbond substituents is 1. The van der Waals surface area contributed by atoms with Gasteiger partial charge < -0.3 is 10.0 Å². The number of benzene rings is 2. The van der Waals surface area contributed by atoms with E-state index in [0.29, 0.717) is 5.75 Å². The maximum Gasteiger partial charge on any atom is 0.115 e. The number of aromatic hydroxyl groups is 1. The van der Waals surface area contributed by atoms with Crippen molar-refractivity contribution in [3.05, 3.63) is 65.7 Å². The monoisotopic (exact) mass is 335 g/mol. The van der Waals surface area contributed by atoms with Gasteiger partial charge in [0, 0.05) is 19.6 Å². The molecule has 1 N–H and O–H groups in total. The number of fused-ring (bicyclic) bond motifs is 1. The van der Waals surface area contributed by atoms with Gasteiger partial charge in [-0.25, -0.2) is 0 Å². The molecule has 1 unspecified atom stereocenters. The molecule has 1 heterocycles. The molecule has 1 aliphatic heterocycles. The molecular weight excluding hydrogens is 306 g/mol. The molecule has 2 aliphatic rings. The van der Waals surface area contributed by atoms with Crippen LogP contribution in [0.2, 0.25) is 0 Å². The van der Waals surface area contributed by atoms with E-state index in [9.17, 15) is 5.11 Å². The molecule has 1 saturated carbocycles. The lowest BCUT2D eigenvalue weighted by Crippen LogP contribution is -2.25. The van der Waals surface area contributed by atoms with Crippen LogP contribution in [-0.2, 0) is 12.8 Å². The number of hydrogen-bond acceptors (Lipinski definition) is 2. The minimum absolute atomic E-state index is 0.362. The fourth-order valence-electron chi connectivity index (χ4n) is 4.91. The average Bonchev–Trinajstić information content (AvgIpc) is 3.18. The van der Waals surface area contributed by atoms with Gasteiger partial charge in [0.05, 0.1) is 0 Å². The van der Waals surface area contributed by atoms with Crippen molar-refractivity contribution in [1.82, 2.24) is 4.90 Å². The lowest BCUT2D eigenvalue weighted by molar-refractivity contribution is 0.298. The molecule has 0 aromatic heterocycles. The van der Waals surface area contributed by atoms with Crippen LogP contribution in [-0.4, -0.2) is 29.6 Å². The molecular formula is C23H29NO. The Hall–Kier alpha value is -1.80. The molecule has 2 aromatic carbocycles. The normalized spacial score (nSPS) is 26.0. The van der Waals surface area contributed by atoms with Gasteiger partial charge in [0.1, 0.15) is 5.75 Å². The zero-order valence-corrected chi connectivity index (χ0v) is 15.0. The summed E-state index contributed by atoms with van der Waals surface area (Å²) in [5.41, 5.74) is 2.82. The first kappa shape index (κ1) is 16.7. The lowest BCUT2D eigenvalue weighted by Gasteiger charge is -2.19. The van der Waals surface area contributed by atoms with Gasteiger partial charge in [-0.15, -0.1) is 0 Å². The summed E-state index contributed by atoms with van der Waals surface area (Å²) in [5.74, 6) is 3.16. The van der Waals surface area contributed by atoms with Gasteiger partial charge in [0.2, 0.25) is 0 Å². The Kier molecular flexibility index (Phi) is 5.07. The standard InChI is InChI=1S/C23H29NO/c25-23-10-8-19(9-11-23)12-13-24-16-21-14-20(15-22(21)17-24)7-6-18-4-2-1-3-5-18/h1-5,8-11,20-22,25H,6-7,12-17H2/t20?,21-,22+. The molecule has 2 aromatic rings. The molecule has 3 atom stereocenters. The van der Waals surface area contributed by atoms with E-state index in [1.807, 2.05) is 12.1 Å². The minimum Gasteiger partial charge on any atom is -0.508 e. The van der Waals surface area contributed by atoms with Crippen LogP contribution in [0.15, 0.2) is 54.6 Å². The van der Waals surface area contributed by atoms with E-state index in [1.165, 1.54) is 49.9 Å². The number of nitrogens with zero attached hydrogens (tertiary/aromatic N) is 1. The number of aryl methyl sites for hydroxylation is 1. The van der Waals surface area contributed by atoms with Gasteiger partial charge in [-0.1, -0.05) is 42.5 Å². The molecule has 0 bridgehead atoms. The summed E-state index contributed by atoms with van der Waals surface area (Å²) in [4.78, 5) is 2.66. The predicted octanol–water partition coefficient (Wildman–Crippen LogP) is 4.53. The second kappa shape index (κ2) is 7.61. The molecule has 132 valence electrons. The topological polar surface area (TPSA) is 23.5 Å². The number of hydrogen-bond donors (Lipinski definition) is 1. The summed E-state index contributed by atoms with van der Waals surface area (Å²) in [6.07, 6.45) is 6.58. The van der Waals surface area contributed by atoms with E-state index >= 15 is 0 Å². The van der Waals surface area contributed by atoms with E-state index in [0.717, 1.165) is 30.7 Å². The summed E-state index contributed by atoms with van der Waals surface area (Å²) >= 11 is 0. The maximum absolute atomic E-state index is 9.38. The van der Waals surface area contributed by atoms with Gasteiger partial charge in [-0.05, 0) is 73.1 Å². The summed E-state index contributed by atoms with van der Waals surface area (Å²) in [7, 11) is 0. The second-order valence-corrected chi connectivity index (χ2v) is 8.06. The molecule has 1 aliphatic carbocycles. The number of likely N-dealkylation sites (tertiary alicyclic amines) is 1. The minimum atomic E-state index is 0.362. The van der Waals surface area contributed by atoms with Crippen molar-refractivity contribution in [2.45, 2.75) is 32.1 Å². The van der Waals surface area contributed by atoms with Crippen LogP contribution < -0.4 is 0 Å². The maximum atomic E-state index is 9.38. The van der Waals surface area contributed by atoms with Crippen molar-refractivity contribution in [1.29, 1.82) is 0 Å². The van der Waals surface area contributed by atoms with E-state index in [4.69, 9.17) is 0 Å². The Morgan fingerprint density at radius 1 is 0.800 bits per heavy atom. The van der Waals surface area contributed by atoms with Crippen molar-refractivity contribution >= 4 is 0 Å². The Balaban J connectivity index is 1.20. The average molecular weight is 335 g/mol. The first-order chi connectivity index (χ1) is 12.3. The van der Waals surface area contributed by atoms with Crippen LogP contribution in [0.3, 0.4) is 0 Å². The fraction of sp³-hybridized carbons (Fsp3) is 0.478. The van der Waals surface area contributed by atoms with Crippen LogP contribution in [0.4, 0.5) is 0 Å². The third-order valence-corrected chi connectivity index (χ3v) is 6.26. The first-order valence-corrected chi connectivity index (χ1v) is 9.80. The van der Waals surface area contributed by atoms with Gasteiger partial charge >= 0.3 is 0 Å². The molecule has 25 heavy (non-hydrogen) atoms. The summed E-state index contributed by atoms with van der Waals surface area (Å²) in [6.45, 7) is 3.75. The highest BCUT2D eigenvalue weighted by atomic mass is 16.3. The van der Waals surface area contributed by atoms with E-state index in [-0.39, 0.29) is 0 Å². The zero-order valence-electron chi connectivity index (χ0n) is 15.0. The van der Waals surface area contributed by atoms with E-state index in [2.05, 4.69) is 35.2 Å². The Bertz CT molecular complexity index is 652. The van der Waals surface area contributed by atoms with Crippen LogP contribution in [0.5, 0.6) is 5.75 Å². The SMILES string of the molecule is Oc1ccc(CCN2C[C@H]3CC(CCc4ccccc4)C[C@H]3C2)cc1. The molecule has 0 spiro atoms. The third-order valence-electron chi connectivity index (χ3n) is 6.26. The fourth-order valence-corrected chi connectivity index (χ4v) is 4.91. The van der Waals surface area contributed by atoms with Gasteiger partial charge in [-0.2, -0.15) is 0 Å². The van der Waals surface area contributed by atoms with E-state index < -0.39 is 0 Å². The quantitative estimate of drug-likeness (QED) is 0.838.